The summed E-state index contributed by atoms with van der Waals surface area (Å²) in [7, 11) is 3.81. The molecule has 0 N–H and O–H groups in total. The van der Waals surface area contributed by atoms with Crippen LogP contribution in [0.3, 0.4) is 0 Å². The fraction of sp³-hybridized carbons (Fsp3) is 0.533. The van der Waals surface area contributed by atoms with Gasteiger partial charge in [-0.2, -0.15) is 0 Å². The van der Waals surface area contributed by atoms with Crippen molar-refractivity contribution >= 4 is 16.8 Å². The second-order valence-corrected chi connectivity index (χ2v) is 11.0. The summed E-state index contributed by atoms with van der Waals surface area (Å²) in [6, 6.07) is 8.03. The van der Waals surface area contributed by atoms with Gasteiger partial charge in [0.2, 0.25) is 0 Å². The Labute approximate surface area is 224 Å². The Balaban J connectivity index is 1.35. The van der Waals surface area contributed by atoms with Crippen LogP contribution >= 0.6 is 0 Å². The Kier molecular flexibility index (Phi) is 7.01. The molecule has 38 heavy (non-hydrogen) atoms. The molecule has 6 rings (SSSR count). The van der Waals surface area contributed by atoms with Gasteiger partial charge in [-0.1, -0.05) is 0 Å². The third-order valence-corrected chi connectivity index (χ3v) is 8.36. The summed E-state index contributed by atoms with van der Waals surface area (Å²) >= 11 is 0. The molecule has 0 bridgehead atoms. The van der Waals surface area contributed by atoms with E-state index in [1.807, 2.05) is 36.1 Å². The van der Waals surface area contributed by atoms with Crippen LogP contribution in [0.4, 0.5) is 0 Å². The van der Waals surface area contributed by atoms with Gasteiger partial charge in [0, 0.05) is 30.6 Å². The van der Waals surface area contributed by atoms with Crippen LogP contribution in [-0.4, -0.2) is 85.1 Å². The predicted molar refractivity (Wildman–Crippen MR) is 147 cm³/mol. The minimum atomic E-state index is 0.0502. The molecule has 0 atom stereocenters. The summed E-state index contributed by atoms with van der Waals surface area (Å²) in [6.07, 6.45) is 5.52. The number of methoxy groups -OCH3 is 1. The molecular formula is C30H38N4O4. The largest absolute Gasteiger partial charge is 0.493 e. The van der Waals surface area contributed by atoms with Crippen molar-refractivity contribution in [1.29, 1.82) is 0 Å². The highest BCUT2D eigenvalue weighted by atomic mass is 16.5. The maximum absolute atomic E-state index is 13.9. The van der Waals surface area contributed by atoms with E-state index >= 15 is 0 Å². The van der Waals surface area contributed by atoms with Crippen LogP contribution in [0.5, 0.6) is 11.5 Å². The Morgan fingerprint density at radius 1 is 1.08 bits per heavy atom. The smallest absolute Gasteiger partial charge is 0.257 e. The number of fused-ring (bicyclic) bond motifs is 3. The van der Waals surface area contributed by atoms with Crippen LogP contribution in [0.15, 0.2) is 28.7 Å². The highest BCUT2D eigenvalue weighted by molar-refractivity contribution is 6.08. The maximum Gasteiger partial charge on any atom is 0.257 e. The molecule has 8 nitrogen and oxygen atoms in total. The number of likely N-dealkylation sites (tertiary alicyclic amines) is 2. The fourth-order valence-electron chi connectivity index (χ4n) is 6.21. The van der Waals surface area contributed by atoms with Gasteiger partial charge in [-0.25, -0.2) is 4.98 Å². The van der Waals surface area contributed by atoms with Crippen molar-refractivity contribution in [2.75, 3.05) is 53.5 Å². The van der Waals surface area contributed by atoms with Gasteiger partial charge in [0.25, 0.3) is 5.91 Å². The van der Waals surface area contributed by atoms with Gasteiger partial charge in [0.15, 0.2) is 17.3 Å². The predicted octanol–water partition coefficient (Wildman–Crippen LogP) is 4.73. The first-order valence-electron chi connectivity index (χ1n) is 14.0. The van der Waals surface area contributed by atoms with Gasteiger partial charge >= 0.3 is 0 Å². The monoisotopic (exact) mass is 518 g/mol. The molecule has 3 aliphatic heterocycles. The second-order valence-electron chi connectivity index (χ2n) is 11.0. The number of hydrogen-bond donors (Lipinski definition) is 0. The molecule has 0 saturated carbocycles. The molecule has 0 aliphatic carbocycles. The van der Waals surface area contributed by atoms with Crippen molar-refractivity contribution in [3.05, 3.63) is 41.2 Å². The SMILES string of the molecule is COc1cc2c3c(c(-c4ccc(C)o4)nc2cc1OCCCN1CCCC1)C(=O)N(C1CCN(C)CC1)C3. The van der Waals surface area contributed by atoms with E-state index in [1.165, 1.54) is 25.9 Å². The topological polar surface area (TPSA) is 71.3 Å². The van der Waals surface area contributed by atoms with E-state index in [0.29, 0.717) is 41.7 Å². The minimum absolute atomic E-state index is 0.0502. The lowest BCUT2D eigenvalue weighted by Crippen LogP contribution is -2.43. The number of aryl methyl sites for hydroxylation is 1. The molecular weight excluding hydrogens is 480 g/mol. The summed E-state index contributed by atoms with van der Waals surface area (Å²) in [6.45, 7) is 8.55. The Morgan fingerprint density at radius 2 is 1.87 bits per heavy atom. The average Bonchev–Trinajstić information content (AvgIpc) is 3.67. The van der Waals surface area contributed by atoms with Gasteiger partial charge in [0.1, 0.15) is 11.5 Å². The molecule has 202 valence electrons. The molecule has 5 heterocycles. The van der Waals surface area contributed by atoms with Gasteiger partial charge in [-0.15, -0.1) is 0 Å². The Bertz CT molecular complexity index is 1320. The zero-order valence-electron chi connectivity index (χ0n) is 22.8. The molecule has 2 saturated heterocycles. The van der Waals surface area contributed by atoms with E-state index in [2.05, 4.69) is 16.8 Å². The Hall–Kier alpha value is -3.10. The number of carbonyl (C=O) groups is 1. The molecule has 1 amide bonds. The van der Waals surface area contributed by atoms with Crippen LogP contribution < -0.4 is 9.47 Å². The second kappa shape index (κ2) is 10.6. The average molecular weight is 519 g/mol. The zero-order chi connectivity index (χ0) is 26.2. The van der Waals surface area contributed by atoms with Crippen LogP contribution in [0.25, 0.3) is 22.4 Å². The Morgan fingerprint density at radius 3 is 2.58 bits per heavy atom. The molecule has 0 unspecified atom stereocenters. The number of carbonyl (C=O) groups excluding carboxylic acids is 1. The fourth-order valence-corrected chi connectivity index (χ4v) is 6.21. The zero-order valence-corrected chi connectivity index (χ0v) is 22.8. The summed E-state index contributed by atoms with van der Waals surface area (Å²) in [5, 5.41) is 0.942. The first-order valence-corrected chi connectivity index (χ1v) is 14.0. The summed E-state index contributed by atoms with van der Waals surface area (Å²) in [5.41, 5.74) is 3.07. The first-order chi connectivity index (χ1) is 18.5. The third-order valence-electron chi connectivity index (χ3n) is 8.36. The molecule has 8 heteroatoms. The number of furan rings is 1. The van der Waals surface area contributed by atoms with Gasteiger partial charge < -0.3 is 28.6 Å². The van der Waals surface area contributed by atoms with Gasteiger partial charge in [0.05, 0.1) is 24.8 Å². The van der Waals surface area contributed by atoms with Crippen molar-refractivity contribution in [2.24, 2.45) is 0 Å². The van der Waals surface area contributed by atoms with E-state index in [9.17, 15) is 4.79 Å². The molecule has 2 fully saturated rings. The number of rotatable bonds is 8. The van der Waals surface area contributed by atoms with E-state index < -0.39 is 0 Å². The van der Waals surface area contributed by atoms with Crippen molar-refractivity contribution in [1.82, 2.24) is 19.7 Å². The minimum Gasteiger partial charge on any atom is -0.493 e. The highest BCUT2D eigenvalue weighted by Crippen LogP contribution is 2.42. The molecule has 3 aliphatic rings. The van der Waals surface area contributed by atoms with Crippen LogP contribution in [0.1, 0.15) is 53.8 Å². The molecule has 0 radical (unpaired) electrons. The van der Waals surface area contributed by atoms with E-state index in [0.717, 1.165) is 61.1 Å². The number of aromatic nitrogens is 1. The third kappa shape index (κ3) is 4.76. The molecule has 0 spiro atoms. The van der Waals surface area contributed by atoms with Crippen molar-refractivity contribution in [2.45, 2.75) is 51.6 Å². The first kappa shape index (κ1) is 25.2. The van der Waals surface area contributed by atoms with Crippen molar-refractivity contribution < 1.29 is 18.7 Å². The lowest BCUT2D eigenvalue weighted by molar-refractivity contribution is 0.0617. The van der Waals surface area contributed by atoms with Crippen LogP contribution in [0, 0.1) is 6.92 Å². The summed E-state index contributed by atoms with van der Waals surface area (Å²) in [4.78, 5) is 25.8. The van der Waals surface area contributed by atoms with Gasteiger partial charge in [-0.05, 0) is 96.0 Å². The summed E-state index contributed by atoms with van der Waals surface area (Å²) in [5.74, 6) is 2.84. The van der Waals surface area contributed by atoms with Crippen LogP contribution in [0.2, 0.25) is 0 Å². The number of piperidine rings is 1. The lowest BCUT2D eigenvalue weighted by Gasteiger charge is -2.35. The number of hydrogen-bond acceptors (Lipinski definition) is 7. The maximum atomic E-state index is 13.9. The number of ether oxygens (including phenoxy) is 2. The molecule has 2 aromatic heterocycles. The van der Waals surface area contributed by atoms with E-state index in [1.54, 1.807) is 7.11 Å². The van der Waals surface area contributed by atoms with Crippen LogP contribution in [-0.2, 0) is 6.54 Å². The molecule has 1 aromatic carbocycles. The highest BCUT2D eigenvalue weighted by Gasteiger charge is 2.38. The number of amides is 1. The van der Waals surface area contributed by atoms with E-state index in [4.69, 9.17) is 18.9 Å². The van der Waals surface area contributed by atoms with Gasteiger partial charge in [-0.3, -0.25) is 4.79 Å². The lowest BCUT2D eigenvalue weighted by atomic mass is 10.0. The molecule has 3 aromatic rings. The van der Waals surface area contributed by atoms with E-state index in [-0.39, 0.29) is 11.9 Å². The number of benzene rings is 1. The number of nitrogens with zero attached hydrogens (tertiary/aromatic N) is 4. The van der Waals surface area contributed by atoms with Crippen molar-refractivity contribution in [3.63, 3.8) is 0 Å². The quantitative estimate of drug-likeness (QED) is 0.400. The van der Waals surface area contributed by atoms with Crippen molar-refractivity contribution in [3.8, 4) is 23.0 Å². The standard InChI is InChI=1S/C30H38N4O4/c1-20-7-8-25(38-20)29-28-23(19-34(30(28)35)21-9-14-32(2)15-10-21)22-17-26(36-3)27(18-24(22)31-29)37-16-6-13-33-11-4-5-12-33/h7-8,17-18,21H,4-6,9-16,19H2,1-3H3. The normalized spacial score (nSPS) is 19.0. The number of pyridine rings is 1. The summed E-state index contributed by atoms with van der Waals surface area (Å²) < 4.78 is 18.0.